The van der Waals surface area contributed by atoms with Gasteiger partial charge in [0.2, 0.25) is 0 Å². The smallest absolute Gasteiger partial charge is 0.295 e. The number of halogens is 1. The first-order valence-electron chi connectivity index (χ1n) is 7.80. The molecule has 1 fully saturated rings. The first kappa shape index (κ1) is 15.7. The van der Waals surface area contributed by atoms with Crippen molar-refractivity contribution in [2.45, 2.75) is 57.9 Å². The third-order valence-electron chi connectivity index (χ3n) is 4.30. The molecule has 1 aliphatic rings. The summed E-state index contributed by atoms with van der Waals surface area (Å²) in [6.45, 7) is 2.21. The van der Waals surface area contributed by atoms with Crippen LogP contribution in [0.2, 0.25) is 0 Å². The molecular weight excluding hydrogens is 271 g/mol. The van der Waals surface area contributed by atoms with E-state index in [0.717, 1.165) is 31.2 Å². The SMILES string of the molecule is CCCC1CCCC(Nc2ccc(F)cc2[N+](=O)[O-])CC1. The Morgan fingerprint density at radius 3 is 2.86 bits per heavy atom. The zero-order valence-electron chi connectivity index (χ0n) is 12.5. The zero-order valence-corrected chi connectivity index (χ0v) is 12.5. The highest BCUT2D eigenvalue weighted by Crippen LogP contribution is 2.31. The molecule has 2 unspecified atom stereocenters. The van der Waals surface area contributed by atoms with Crippen molar-refractivity contribution in [2.75, 3.05) is 5.32 Å². The van der Waals surface area contributed by atoms with Gasteiger partial charge in [-0.2, -0.15) is 0 Å². The molecule has 5 heteroatoms. The van der Waals surface area contributed by atoms with Crippen molar-refractivity contribution in [3.8, 4) is 0 Å². The molecule has 1 saturated carbocycles. The van der Waals surface area contributed by atoms with Gasteiger partial charge < -0.3 is 5.32 Å². The highest BCUT2D eigenvalue weighted by Gasteiger charge is 2.21. The number of nitro benzene ring substituents is 1. The normalized spacial score (nSPS) is 22.6. The monoisotopic (exact) mass is 294 g/mol. The van der Waals surface area contributed by atoms with Crippen molar-refractivity contribution >= 4 is 11.4 Å². The highest BCUT2D eigenvalue weighted by molar-refractivity contribution is 5.61. The van der Waals surface area contributed by atoms with Gasteiger partial charge >= 0.3 is 0 Å². The lowest BCUT2D eigenvalue weighted by molar-refractivity contribution is -0.384. The molecule has 0 amide bonds. The van der Waals surface area contributed by atoms with E-state index in [1.165, 1.54) is 37.8 Å². The number of anilines is 1. The van der Waals surface area contributed by atoms with Crippen molar-refractivity contribution in [2.24, 2.45) is 5.92 Å². The molecule has 1 aromatic carbocycles. The summed E-state index contributed by atoms with van der Waals surface area (Å²) in [5.74, 6) is 0.209. The van der Waals surface area contributed by atoms with Gasteiger partial charge in [-0.3, -0.25) is 10.1 Å². The van der Waals surface area contributed by atoms with E-state index in [1.807, 2.05) is 0 Å². The lowest BCUT2D eigenvalue weighted by Gasteiger charge is -2.18. The summed E-state index contributed by atoms with van der Waals surface area (Å²) < 4.78 is 13.2. The van der Waals surface area contributed by atoms with Gasteiger partial charge in [-0.25, -0.2) is 4.39 Å². The molecule has 21 heavy (non-hydrogen) atoms. The average Bonchev–Trinajstić information content (AvgIpc) is 2.67. The van der Waals surface area contributed by atoms with E-state index in [1.54, 1.807) is 0 Å². The Kier molecular flexibility index (Phi) is 5.53. The van der Waals surface area contributed by atoms with Crippen molar-refractivity contribution in [1.82, 2.24) is 0 Å². The van der Waals surface area contributed by atoms with Crippen LogP contribution in [-0.2, 0) is 0 Å². The second kappa shape index (κ2) is 7.38. The van der Waals surface area contributed by atoms with E-state index in [0.29, 0.717) is 5.69 Å². The lowest BCUT2D eigenvalue weighted by atomic mass is 9.95. The van der Waals surface area contributed by atoms with Crippen LogP contribution >= 0.6 is 0 Å². The maximum absolute atomic E-state index is 13.2. The summed E-state index contributed by atoms with van der Waals surface area (Å²) in [4.78, 5) is 10.5. The van der Waals surface area contributed by atoms with Crippen LogP contribution in [0.5, 0.6) is 0 Å². The Balaban J connectivity index is 2.03. The molecule has 1 N–H and O–H groups in total. The Morgan fingerprint density at radius 1 is 1.33 bits per heavy atom. The van der Waals surface area contributed by atoms with Crippen LogP contribution < -0.4 is 5.32 Å². The fourth-order valence-electron chi connectivity index (χ4n) is 3.22. The predicted molar refractivity (Wildman–Crippen MR) is 81.9 cm³/mol. The third kappa shape index (κ3) is 4.41. The number of nitrogens with zero attached hydrogens (tertiary/aromatic N) is 1. The molecule has 116 valence electrons. The molecule has 1 aromatic rings. The maximum atomic E-state index is 13.2. The topological polar surface area (TPSA) is 55.2 Å². The largest absolute Gasteiger partial charge is 0.377 e. The fourth-order valence-corrected chi connectivity index (χ4v) is 3.22. The van der Waals surface area contributed by atoms with E-state index < -0.39 is 10.7 Å². The second-order valence-electron chi connectivity index (χ2n) is 5.92. The van der Waals surface area contributed by atoms with E-state index in [9.17, 15) is 14.5 Å². The molecule has 0 radical (unpaired) electrons. The van der Waals surface area contributed by atoms with Gasteiger partial charge in [0.1, 0.15) is 11.5 Å². The van der Waals surface area contributed by atoms with Gasteiger partial charge in [0.05, 0.1) is 11.0 Å². The molecule has 2 atom stereocenters. The van der Waals surface area contributed by atoms with Gasteiger partial charge in [-0.05, 0) is 37.3 Å². The molecule has 2 rings (SSSR count). The van der Waals surface area contributed by atoms with Crippen molar-refractivity contribution < 1.29 is 9.31 Å². The molecular formula is C16H23FN2O2. The maximum Gasteiger partial charge on any atom is 0.295 e. The average molecular weight is 294 g/mol. The summed E-state index contributed by atoms with van der Waals surface area (Å²) in [5, 5.41) is 14.3. The Hall–Kier alpha value is -1.65. The van der Waals surface area contributed by atoms with Crippen LogP contribution in [0.3, 0.4) is 0 Å². The summed E-state index contributed by atoms with van der Waals surface area (Å²) in [5.41, 5.74) is 0.254. The van der Waals surface area contributed by atoms with Gasteiger partial charge in [-0.1, -0.05) is 32.6 Å². The number of rotatable bonds is 5. The third-order valence-corrected chi connectivity index (χ3v) is 4.30. The minimum Gasteiger partial charge on any atom is -0.377 e. The standard InChI is InChI=1S/C16H23FN2O2/c1-2-4-12-5-3-6-14(9-7-12)18-15-10-8-13(17)11-16(15)19(20)21/h8,10-12,14,18H,2-7,9H2,1H3. The Bertz CT molecular complexity index is 493. The number of nitrogens with one attached hydrogen (secondary N) is 1. The van der Waals surface area contributed by atoms with E-state index in [2.05, 4.69) is 12.2 Å². The lowest BCUT2D eigenvalue weighted by Crippen LogP contribution is -2.19. The van der Waals surface area contributed by atoms with E-state index in [4.69, 9.17) is 0 Å². The van der Waals surface area contributed by atoms with Crippen molar-refractivity contribution in [3.05, 3.63) is 34.1 Å². The van der Waals surface area contributed by atoms with Crippen LogP contribution in [0.15, 0.2) is 18.2 Å². The van der Waals surface area contributed by atoms with Crippen LogP contribution in [-0.4, -0.2) is 11.0 Å². The molecule has 1 aliphatic carbocycles. The fraction of sp³-hybridized carbons (Fsp3) is 0.625. The van der Waals surface area contributed by atoms with Gasteiger partial charge in [0, 0.05) is 6.04 Å². The van der Waals surface area contributed by atoms with Gasteiger partial charge in [0.25, 0.3) is 5.69 Å². The van der Waals surface area contributed by atoms with E-state index in [-0.39, 0.29) is 11.7 Å². The van der Waals surface area contributed by atoms with Gasteiger partial charge in [-0.15, -0.1) is 0 Å². The second-order valence-corrected chi connectivity index (χ2v) is 5.92. The number of nitro groups is 1. The molecule has 4 nitrogen and oxygen atoms in total. The number of benzene rings is 1. The number of hydrogen-bond acceptors (Lipinski definition) is 3. The first-order valence-corrected chi connectivity index (χ1v) is 7.80. The number of hydrogen-bond donors (Lipinski definition) is 1. The molecule has 0 saturated heterocycles. The summed E-state index contributed by atoms with van der Waals surface area (Å²) in [6.07, 6.45) is 8.10. The van der Waals surface area contributed by atoms with Crippen molar-refractivity contribution in [3.63, 3.8) is 0 Å². The van der Waals surface area contributed by atoms with Crippen LogP contribution in [0.25, 0.3) is 0 Å². The molecule has 0 bridgehead atoms. The predicted octanol–water partition coefficient (Wildman–Crippen LogP) is 4.89. The summed E-state index contributed by atoms with van der Waals surface area (Å²) >= 11 is 0. The summed E-state index contributed by atoms with van der Waals surface area (Å²) in [7, 11) is 0. The molecule has 0 spiro atoms. The Labute approximate surface area is 124 Å². The molecule has 0 aromatic heterocycles. The minimum atomic E-state index is -0.573. The highest BCUT2D eigenvalue weighted by atomic mass is 19.1. The minimum absolute atomic E-state index is 0.177. The summed E-state index contributed by atoms with van der Waals surface area (Å²) in [6, 6.07) is 3.98. The van der Waals surface area contributed by atoms with Crippen LogP contribution in [0.4, 0.5) is 15.8 Å². The van der Waals surface area contributed by atoms with Crippen LogP contribution in [0, 0.1) is 21.8 Å². The molecule has 0 aliphatic heterocycles. The quantitative estimate of drug-likeness (QED) is 0.477. The van der Waals surface area contributed by atoms with Crippen LogP contribution in [0.1, 0.15) is 51.9 Å². The molecule has 0 heterocycles. The van der Waals surface area contributed by atoms with E-state index >= 15 is 0 Å². The first-order chi connectivity index (χ1) is 10.1. The van der Waals surface area contributed by atoms with Gasteiger partial charge in [0.15, 0.2) is 0 Å². The zero-order chi connectivity index (χ0) is 15.2. The van der Waals surface area contributed by atoms with Crippen molar-refractivity contribution in [1.29, 1.82) is 0 Å². The Morgan fingerprint density at radius 2 is 2.14 bits per heavy atom.